The number of rotatable bonds is 5. The molecule has 3 nitrogen and oxygen atoms in total. The summed E-state index contributed by atoms with van der Waals surface area (Å²) in [5.74, 6) is 6.24. The molecule has 4 heteroatoms. The van der Waals surface area contributed by atoms with Crippen molar-refractivity contribution in [1.82, 2.24) is 5.43 Å². The lowest BCUT2D eigenvalue weighted by Crippen LogP contribution is -2.45. The fourth-order valence-electron chi connectivity index (χ4n) is 3.51. The molecule has 0 spiro atoms. The van der Waals surface area contributed by atoms with Crippen LogP contribution in [0.2, 0.25) is 0 Å². The highest BCUT2D eigenvalue weighted by molar-refractivity contribution is 5.29. The van der Waals surface area contributed by atoms with Gasteiger partial charge in [-0.3, -0.25) is 11.3 Å². The minimum atomic E-state index is -0.313. The van der Waals surface area contributed by atoms with Crippen molar-refractivity contribution in [2.24, 2.45) is 17.2 Å². The molecule has 2 rings (SSSR count). The van der Waals surface area contributed by atoms with E-state index < -0.39 is 0 Å². The lowest BCUT2D eigenvalue weighted by Gasteiger charge is -2.34. The van der Waals surface area contributed by atoms with Gasteiger partial charge in [0.2, 0.25) is 0 Å². The van der Waals surface area contributed by atoms with Crippen LogP contribution in [0.3, 0.4) is 0 Å². The summed E-state index contributed by atoms with van der Waals surface area (Å²) in [6.07, 6.45) is 4.39. The van der Waals surface area contributed by atoms with Crippen molar-refractivity contribution < 1.29 is 9.13 Å². The average molecular weight is 280 g/mol. The van der Waals surface area contributed by atoms with Gasteiger partial charge in [0.05, 0.1) is 7.11 Å². The molecule has 112 valence electrons. The van der Waals surface area contributed by atoms with Crippen molar-refractivity contribution in [2.45, 2.75) is 45.6 Å². The fraction of sp³-hybridized carbons (Fsp3) is 0.625. The number of nitrogens with two attached hydrogens (primary N) is 1. The van der Waals surface area contributed by atoms with Gasteiger partial charge < -0.3 is 4.74 Å². The number of hydrogen-bond acceptors (Lipinski definition) is 3. The van der Waals surface area contributed by atoms with E-state index in [-0.39, 0.29) is 17.6 Å². The molecule has 20 heavy (non-hydrogen) atoms. The third kappa shape index (κ3) is 3.13. The van der Waals surface area contributed by atoms with Gasteiger partial charge in [-0.05, 0) is 48.3 Å². The van der Waals surface area contributed by atoms with E-state index in [0.29, 0.717) is 11.3 Å². The molecule has 0 amide bonds. The summed E-state index contributed by atoms with van der Waals surface area (Å²) in [7, 11) is 1.48. The molecule has 1 aromatic rings. The molecular formula is C16H25FN2O. The fourth-order valence-corrected chi connectivity index (χ4v) is 3.51. The Morgan fingerprint density at radius 2 is 2.25 bits per heavy atom. The van der Waals surface area contributed by atoms with Crippen LogP contribution in [0.1, 0.15) is 38.7 Å². The summed E-state index contributed by atoms with van der Waals surface area (Å²) in [6, 6.07) is 5.32. The summed E-state index contributed by atoms with van der Waals surface area (Å²) >= 11 is 0. The molecule has 0 saturated heterocycles. The number of benzene rings is 1. The summed E-state index contributed by atoms with van der Waals surface area (Å²) in [4.78, 5) is 0. The van der Waals surface area contributed by atoms with E-state index in [1.165, 1.54) is 26.4 Å². The van der Waals surface area contributed by atoms with Gasteiger partial charge in [-0.2, -0.15) is 0 Å². The maximum absolute atomic E-state index is 13.8. The Morgan fingerprint density at radius 3 is 2.75 bits per heavy atom. The molecule has 2 atom stereocenters. The van der Waals surface area contributed by atoms with Crippen molar-refractivity contribution in [1.29, 1.82) is 0 Å². The molecule has 0 heterocycles. The first-order chi connectivity index (χ1) is 9.47. The smallest absolute Gasteiger partial charge is 0.165 e. The van der Waals surface area contributed by atoms with Gasteiger partial charge in [0, 0.05) is 6.04 Å². The van der Waals surface area contributed by atoms with E-state index in [2.05, 4.69) is 19.3 Å². The van der Waals surface area contributed by atoms with Gasteiger partial charge in [0.15, 0.2) is 11.6 Å². The van der Waals surface area contributed by atoms with Crippen LogP contribution in [-0.4, -0.2) is 13.2 Å². The van der Waals surface area contributed by atoms with E-state index in [1.807, 2.05) is 6.07 Å². The normalized spacial score (nSPS) is 22.8. The highest BCUT2D eigenvalue weighted by atomic mass is 19.1. The number of hydrogen-bond donors (Lipinski definition) is 2. The second-order valence-electron chi connectivity index (χ2n) is 6.43. The van der Waals surface area contributed by atoms with Gasteiger partial charge in [-0.1, -0.05) is 26.3 Å². The van der Waals surface area contributed by atoms with Crippen molar-refractivity contribution in [3.63, 3.8) is 0 Å². The van der Waals surface area contributed by atoms with Crippen LogP contribution in [0.25, 0.3) is 0 Å². The first-order valence-electron chi connectivity index (χ1n) is 7.26. The van der Waals surface area contributed by atoms with E-state index in [0.717, 1.165) is 12.0 Å². The van der Waals surface area contributed by atoms with E-state index in [9.17, 15) is 4.39 Å². The van der Waals surface area contributed by atoms with Gasteiger partial charge in [-0.15, -0.1) is 0 Å². The van der Waals surface area contributed by atoms with Gasteiger partial charge in [-0.25, -0.2) is 4.39 Å². The molecule has 1 aliphatic carbocycles. The van der Waals surface area contributed by atoms with Crippen LogP contribution < -0.4 is 16.0 Å². The third-order valence-corrected chi connectivity index (χ3v) is 4.71. The van der Waals surface area contributed by atoms with Gasteiger partial charge in [0.25, 0.3) is 0 Å². The summed E-state index contributed by atoms with van der Waals surface area (Å²) in [6.45, 7) is 4.59. The van der Waals surface area contributed by atoms with Crippen LogP contribution >= 0.6 is 0 Å². The average Bonchev–Trinajstić information content (AvgIpc) is 2.76. The SMILES string of the molecule is COc1ccc(CC(NN)C2CCCC2(C)C)cc1F. The summed E-state index contributed by atoms with van der Waals surface area (Å²) < 4.78 is 18.7. The predicted octanol–water partition coefficient (Wildman–Crippen LogP) is 3.04. The molecular weight excluding hydrogens is 255 g/mol. The van der Waals surface area contributed by atoms with Crippen LogP contribution in [0.4, 0.5) is 4.39 Å². The van der Waals surface area contributed by atoms with Crippen molar-refractivity contribution in [3.05, 3.63) is 29.6 Å². The standard InChI is InChI=1S/C16H25FN2O/c1-16(2)8-4-5-12(16)14(19-18)10-11-6-7-15(20-3)13(17)9-11/h6-7,9,12,14,19H,4-5,8,10,18H2,1-3H3. The quantitative estimate of drug-likeness (QED) is 0.644. The maximum Gasteiger partial charge on any atom is 0.165 e. The Hall–Kier alpha value is -1.13. The number of methoxy groups -OCH3 is 1. The zero-order valence-corrected chi connectivity index (χ0v) is 12.6. The zero-order chi connectivity index (χ0) is 14.8. The summed E-state index contributed by atoms with van der Waals surface area (Å²) in [5, 5.41) is 0. The first kappa shape index (κ1) is 15.3. The lowest BCUT2D eigenvalue weighted by molar-refractivity contribution is 0.196. The number of nitrogens with one attached hydrogen (secondary N) is 1. The summed E-state index contributed by atoms with van der Waals surface area (Å²) in [5.41, 5.74) is 4.19. The van der Waals surface area contributed by atoms with Crippen molar-refractivity contribution in [2.75, 3.05) is 7.11 Å². The molecule has 2 unspecified atom stereocenters. The highest BCUT2D eigenvalue weighted by Crippen LogP contribution is 2.44. The second-order valence-corrected chi connectivity index (χ2v) is 6.43. The molecule has 1 saturated carbocycles. The third-order valence-electron chi connectivity index (χ3n) is 4.71. The van der Waals surface area contributed by atoms with E-state index in [1.54, 1.807) is 12.1 Å². The first-order valence-corrected chi connectivity index (χ1v) is 7.26. The minimum absolute atomic E-state index is 0.181. The molecule has 0 aromatic heterocycles. The highest BCUT2D eigenvalue weighted by Gasteiger charge is 2.39. The molecule has 1 aromatic carbocycles. The Morgan fingerprint density at radius 1 is 1.50 bits per heavy atom. The Bertz CT molecular complexity index is 462. The maximum atomic E-state index is 13.8. The topological polar surface area (TPSA) is 47.3 Å². The van der Waals surface area contributed by atoms with E-state index >= 15 is 0 Å². The molecule has 0 aliphatic heterocycles. The predicted molar refractivity (Wildman–Crippen MR) is 78.9 cm³/mol. The Kier molecular flexibility index (Phi) is 4.66. The number of ether oxygens (including phenoxy) is 1. The lowest BCUT2D eigenvalue weighted by atomic mass is 9.76. The van der Waals surface area contributed by atoms with E-state index in [4.69, 9.17) is 10.6 Å². The molecule has 3 N–H and O–H groups in total. The molecule has 1 aliphatic rings. The molecule has 0 radical (unpaired) electrons. The Balaban J connectivity index is 2.12. The largest absolute Gasteiger partial charge is 0.494 e. The zero-order valence-electron chi connectivity index (χ0n) is 12.6. The second kappa shape index (κ2) is 6.10. The number of halogens is 1. The van der Waals surface area contributed by atoms with Gasteiger partial charge in [0.1, 0.15) is 0 Å². The van der Waals surface area contributed by atoms with Crippen molar-refractivity contribution >= 4 is 0 Å². The van der Waals surface area contributed by atoms with Crippen LogP contribution in [-0.2, 0) is 6.42 Å². The van der Waals surface area contributed by atoms with Crippen LogP contribution in [0.5, 0.6) is 5.75 Å². The van der Waals surface area contributed by atoms with Crippen molar-refractivity contribution in [3.8, 4) is 5.75 Å². The Labute approximate surface area is 120 Å². The van der Waals surface area contributed by atoms with Gasteiger partial charge >= 0.3 is 0 Å². The molecule has 0 bridgehead atoms. The minimum Gasteiger partial charge on any atom is -0.494 e. The van der Waals surface area contributed by atoms with Crippen LogP contribution in [0.15, 0.2) is 18.2 Å². The number of hydrazine groups is 1. The monoisotopic (exact) mass is 280 g/mol. The molecule has 1 fully saturated rings. The van der Waals surface area contributed by atoms with Crippen LogP contribution in [0, 0.1) is 17.2 Å².